The van der Waals surface area contributed by atoms with Gasteiger partial charge in [-0.05, 0) is 19.2 Å². The fourth-order valence-corrected chi connectivity index (χ4v) is 2.18. The Balaban J connectivity index is 2.50. The molecule has 0 aliphatic rings. The van der Waals surface area contributed by atoms with Gasteiger partial charge in [-0.15, -0.1) is 0 Å². The summed E-state index contributed by atoms with van der Waals surface area (Å²) in [5, 5.41) is 3.13. The van der Waals surface area contributed by atoms with Gasteiger partial charge in [0.2, 0.25) is 0 Å². The summed E-state index contributed by atoms with van der Waals surface area (Å²) in [6.45, 7) is 0.780. The molecular weight excluding hydrogens is 266 g/mol. The van der Waals surface area contributed by atoms with Gasteiger partial charge in [-0.2, -0.15) is 0 Å². The molecule has 0 atom stereocenters. The molecule has 0 unspecified atom stereocenters. The van der Waals surface area contributed by atoms with Crippen LogP contribution in [0.2, 0.25) is 0 Å². The summed E-state index contributed by atoms with van der Waals surface area (Å²) in [4.78, 5) is 4.40. The molecule has 1 N–H and O–H groups in total. The second-order valence-corrected chi connectivity index (χ2v) is 4.61. The largest absolute Gasteiger partial charge is 0.333 e. The normalized spacial score (nSPS) is 10.7. The van der Waals surface area contributed by atoms with Gasteiger partial charge in [-0.3, -0.25) is 0 Å². The molecule has 0 spiro atoms. The van der Waals surface area contributed by atoms with Gasteiger partial charge in [-0.25, -0.2) is 4.98 Å². The molecule has 0 saturated carbocycles. The van der Waals surface area contributed by atoms with Crippen LogP contribution < -0.4 is 5.32 Å². The Morgan fingerprint density at radius 2 is 2.25 bits per heavy atom. The van der Waals surface area contributed by atoms with Crippen molar-refractivity contribution in [3.8, 4) is 11.3 Å². The molecule has 1 heterocycles. The number of hydrogen-bond acceptors (Lipinski definition) is 2. The Morgan fingerprint density at radius 3 is 2.94 bits per heavy atom. The molecule has 2 rings (SSSR count). The van der Waals surface area contributed by atoms with Crippen LogP contribution in [0, 0.1) is 0 Å². The summed E-state index contributed by atoms with van der Waals surface area (Å²) >= 11 is 3.49. The topological polar surface area (TPSA) is 29.9 Å². The number of halogens is 1. The lowest BCUT2D eigenvalue weighted by atomic mass is 10.1. The van der Waals surface area contributed by atoms with Crippen LogP contribution in [0.15, 0.2) is 35.1 Å². The van der Waals surface area contributed by atoms with E-state index in [1.165, 1.54) is 5.56 Å². The average molecular weight is 280 g/mol. The Morgan fingerprint density at radius 1 is 1.44 bits per heavy atom. The Hall–Kier alpha value is -1.13. The molecule has 0 radical (unpaired) electrons. The fourth-order valence-electron chi connectivity index (χ4n) is 1.78. The van der Waals surface area contributed by atoms with Crippen LogP contribution in [0.3, 0.4) is 0 Å². The lowest BCUT2D eigenvalue weighted by Crippen LogP contribution is -2.07. The van der Waals surface area contributed by atoms with E-state index in [-0.39, 0.29) is 0 Å². The second-order valence-electron chi connectivity index (χ2n) is 3.69. The zero-order valence-corrected chi connectivity index (χ0v) is 11.0. The number of nitrogens with one attached hydrogen (secondary N) is 1. The number of hydrogen-bond donors (Lipinski definition) is 1. The molecule has 1 aromatic heterocycles. The summed E-state index contributed by atoms with van der Waals surface area (Å²) in [5.74, 6) is 0. The highest BCUT2D eigenvalue weighted by Gasteiger charge is 2.10. The summed E-state index contributed by atoms with van der Waals surface area (Å²) in [7, 11) is 3.95. The van der Waals surface area contributed by atoms with Crippen LogP contribution in [0.25, 0.3) is 11.3 Å². The molecule has 0 fully saturated rings. The highest BCUT2D eigenvalue weighted by Crippen LogP contribution is 2.25. The van der Waals surface area contributed by atoms with E-state index >= 15 is 0 Å². The van der Waals surface area contributed by atoms with Gasteiger partial charge in [0.05, 0.1) is 17.7 Å². The van der Waals surface area contributed by atoms with Crippen molar-refractivity contribution in [1.82, 2.24) is 14.9 Å². The number of nitrogens with zero attached hydrogens (tertiary/aromatic N) is 2. The third kappa shape index (κ3) is 2.18. The molecule has 3 nitrogen and oxygen atoms in total. The average Bonchev–Trinajstić information content (AvgIpc) is 2.60. The van der Waals surface area contributed by atoms with Crippen molar-refractivity contribution in [2.24, 2.45) is 7.05 Å². The van der Waals surface area contributed by atoms with Crippen molar-refractivity contribution < 1.29 is 0 Å². The summed E-state index contributed by atoms with van der Waals surface area (Å²) < 4.78 is 3.13. The van der Waals surface area contributed by atoms with Gasteiger partial charge in [0.25, 0.3) is 0 Å². The predicted molar refractivity (Wildman–Crippen MR) is 69.1 cm³/mol. The SMILES string of the molecule is CNCc1ncn(C)c1-c1cccc(Br)c1. The number of rotatable bonds is 3. The maximum atomic E-state index is 4.40. The quantitative estimate of drug-likeness (QED) is 0.936. The molecular formula is C12H14BrN3. The van der Waals surface area contributed by atoms with Crippen molar-refractivity contribution in [1.29, 1.82) is 0 Å². The number of benzene rings is 1. The van der Waals surface area contributed by atoms with Gasteiger partial charge < -0.3 is 9.88 Å². The van der Waals surface area contributed by atoms with E-state index in [0.717, 1.165) is 22.4 Å². The van der Waals surface area contributed by atoms with E-state index in [4.69, 9.17) is 0 Å². The second kappa shape index (κ2) is 4.80. The third-order valence-corrected chi connectivity index (χ3v) is 2.95. The number of imidazole rings is 1. The molecule has 4 heteroatoms. The van der Waals surface area contributed by atoms with Crippen LogP contribution in [-0.2, 0) is 13.6 Å². The molecule has 2 aromatic rings. The lowest BCUT2D eigenvalue weighted by Gasteiger charge is -2.06. The standard InChI is InChI=1S/C12H14BrN3/c1-14-7-11-12(16(2)8-15-11)9-4-3-5-10(13)6-9/h3-6,8,14H,7H2,1-2H3. The van der Waals surface area contributed by atoms with E-state index < -0.39 is 0 Å². The molecule has 16 heavy (non-hydrogen) atoms. The number of aryl methyl sites for hydroxylation is 1. The van der Waals surface area contributed by atoms with Crippen molar-refractivity contribution >= 4 is 15.9 Å². The van der Waals surface area contributed by atoms with Crippen molar-refractivity contribution in [2.75, 3.05) is 7.05 Å². The maximum Gasteiger partial charge on any atom is 0.0952 e. The highest BCUT2D eigenvalue weighted by atomic mass is 79.9. The van der Waals surface area contributed by atoms with Crippen LogP contribution in [0.1, 0.15) is 5.69 Å². The van der Waals surface area contributed by atoms with Gasteiger partial charge >= 0.3 is 0 Å². The van der Waals surface area contributed by atoms with E-state index in [1.807, 2.05) is 32.6 Å². The first kappa shape index (κ1) is 11.4. The van der Waals surface area contributed by atoms with Crippen LogP contribution in [-0.4, -0.2) is 16.6 Å². The first-order valence-electron chi connectivity index (χ1n) is 5.13. The lowest BCUT2D eigenvalue weighted by molar-refractivity contribution is 0.797. The van der Waals surface area contributed by atoms with Crippen molar-refractivity contribution in [2.45, 2.75) is 6.54 Å². The Bertz CT molecular complexity index is 491. The van der Waals surface area contributed by atoms with E-state index in [1.54, 1.807) is 0 Å². The minimum Gasteiger partial charge on any atom is -0.333 e. The van der Waals surface area contributed by atoms with Gasteiger partial charge in [0, 0.05) is 23.6 Å². The molecule has 0 saturated heterocycles. The molecule has 1 aromatic carbocycles. The first-order chi connectivity index (χ1) is 7.72. The van der Waals surface area contributed by atoms with Gasteiger partial charge in [-0.1, -0.05) is 28.1 Å². The smallest absolute Gasteiger partial charge is 0.0952 e. The van der Waals surface area contributed by atoms with Crippen molar-refractivity contribution in [3.63, 3.8) is 0 Å². The first-order valence-corrected chi connectivity index (χ1v) is 5.92. The van der Waals surface area contributed by atoms with E-state index in [2.05, 4.69) is 42.9 Å². The monoisotopic (exact) mass is 279 g/mol. The van der Waals surface area contributed by atoms with Crippen molar-refractivity contribution in [3.05, 3.63) is 40.8 Å². The molecule has 84 valence electrons. The summed E-state index contributed by atoms with van der Waals surface area (Å²) in [6, 6.07) is 8.27. The predicted octanol–water partition coefficient (Wildman–Crippen LogP) is 2.57. The zero-order valence-electron chi connectivity index (χ0n) is 9.37. The molecule has 0 bridgehead atoms. The molecule has 0 amide bonds. The minimum absolute atomic E-state index is 0.780. The third-order valence-electron chi connectivity index (χ3n) is 2.46. The summed E-state index contributed by atoms with van der Waals surface area (Å²) in [5.41, 5.74) is 3.42. The zero-order chi connectivity index (χ0) is 11.5. The Kier molecular flexibility index (Phi) is 3.41. The minimum atomic E-state index is 0.780. The highest BCUT2D eigenvalue weighted by molar-refractivity contribution is 9.10. The summed E-state index contributed by atoms with van der Waals surface area (Å²) in [6.07, 6.45) is 1.85. The van der Waals surface area contributed by atoms with E-state index in [9.17, 15) is 0 Å². The van der Waals surface area contributed by atoms with Crippen LogP contribution in [0.4, 0.5) is 0 Å². The number of aromatic nitrogens is 2. The van der Waals surface area contributed by atoms with Crippen LogP contribution >= 0.6 is 15.9 Å². The maximum absolute atomic E-state index is 4.40. The van der Waals surface area contributed by atoms with Crippen LogP contribution in [0.5, 0.6) is 0 Å². The van der Waals surface area contributed by atoms with Gasteiger partial charge in [0.15, 0.2) is 0 Å². The molecule has 0 aliphatic carbocycles. The molecule has 0 aliphatic heterocycles. The van der Waals surface area contributed by atoms with E-state index in [0.29, 0.717) is 0 Å². The van der Waals surface area contributed by atoms with Gasteiger partial charge in [0.1, 0.15) is 0 Å². The Labute approximate surface area is 104 Å². The fraction of sp³-hybridized carbons (Fsp3) is 0.250.